The summed E-state index contributed by atoms with van der Waals surface area (Å²) in [6.45, 7) is 0. The number of nitrogens with zero attached hydrogens (tertiary/aromatic N) is 5. The quantitative estimate of drug-likeness (QED) is 0.153. The van der Waals surface area contributed by atoms with Crippen LogP contribution in [0.3, 0.4) is 0 Å². The molecule has 0 aliphatic carbocycles. The van der Waals surface area contributed by atoms with E-state index in [2.05, 4.69) is 247 Å². The molecule has 1 aliphatic heterocycles. The maximum Gasteiger partial charge on any atom is 0.160 e. The summed E-state index contributed by atoms with van der Waals surface area (Å²) in [5, 5.41) is 5.75. The van der Waals surface area contributed by atoms with Gasteiger partial charge in [-0.3, -0.25) is 9.56 Å². The molecule has 5 nitrogen and oxygen atoms in total. The molecule has 0 amide bonds. The fourth-order valence-corrected chi connectivity index (χ4v) is 10.7. The van der Waals surface area contributed by atoms with Crippen LogP contribution in [-0.4, -0.2) is 25.2 Å². The van der Waals surface area contributed by atoms with Crippen molar-refractivity contribution in [2.45, 2.75) is 5.92 Å². The lowest BCUT2D eigenvalue weighted by Crippen LogP contribution is -2.11. The summed E-state index contributed by atoms with van der Waals surface area (Å²) in [4.78, 5) is 21.5. The van der Waals surface area contributed by atoms with E-state index in [1.807, 2.05) is 12.1 Å². The highest BCUT2D eigenvalue weighted by atomic mass is 15.1. The molecular weight excluding hydrogens is 875 g/mol. The molecule has 0 N–H and O–H groups in total. The number of hydrogen-bond acceptors (Lipinski definition) is 4. The molecule has 3 heterocycles. The minimum atomic E-state index is -0.0112. The number of benzene rings is 11. The largest absolute Gasteiger partial charge is 0.292 e. The molecule has 11 aromatic carbocycles. The van der Waals surface area contributed by atoms with Gasteiger partial charge in [-0.05, 0) is 122 Å². The van der Waals surface area contributed by atoms with Crippen LogP contribution >= 0.6 is 0 Å². The summed E-state index contributed by atoms with van der Waals surface area (Å²) in [6.07, 6.45) is 0. The van der Waals surface area contributed by atoms with Gasteiger partial charge in [0.15, 0.2) is 5.82 Å². The van der Waals surface area contributed by atoms with Crippen LogP contribution in [0.2, 0.25) is 0 Å². The van der Waals surface area contributed by atoms with Gasteiger partial charge in [0.25, 0.3) is 0 Å². The molecule has 0 fully saturated rings. The van der Waals surface area contributed by atoms with Crippen LogP contribution in [0.15, 0.2) is 260 Å². The van der Waals surface area contributed by atoms with E-state index in [0.29, 0.717) is 5.82 Å². The van der Waals surface area contributed by atoms with E-state index in [1.165, 1.54) is 32.7 Å². The van der Waals surface area contributed by atoms with Crippen LogP contribution in [0.1, 0.15) is 22.6 Å². The van der Waals surface area contributed by atoms with E-state index in [4.69, 9.17) is 19.9 Å². The second-order valence-corrected chi connectivity index (χ2v) is 18.6. The van der Waals surface area contributed by atoms with Gasteiger partial charge in [-0.1, -0.05) is 188 Å². The molecule has 2 aromatic heterocycles. The predicted octanol–water partition coefficient (Wildman–Crippen LogP) is 16.9. The molecule has 0 radical (unpaired) electrons. The maximum absolute atomic E-state index is 5.59. The van der Waals surface area contributed by atoms with Gasteiger partial charge in [0, 0.05) is 33.3 Å². The molecule has 0 spiro atoms. The van der Waals surface area contributed by atoms with Crippen molar-refractivity contribution in [3.63, 3.8) is 0 Å². The van der Waals surface area contributed by atoms with Crippen LogP contribution in [0.4, 0.5) is 5.69 Å². The standard InChI is InChI=1S/C67H43N5/c1-3-17-46(18-4-1)64-62(56-23-11-12-24-59(56)68-64)45-29-31-47(32-30-45)63-58-42-54(52-33-27-43-15-7-9-21-50(43)39-52)41-57(53-34-28-44-16-8-10-22-51(44)40-53)65(58)71-66(70-63)48-35-37-55(38-36-48)72-61-26-14-13-25-60(61)69-67(72)49-19-5-2-6-20-49/h1-42,62H. The number of hydrogen-bond donors (Lipinski definition) is 0. The Hall–Kier alpha value is -9.58. The molecule has 0 saturated carbocycles. The average Bonchev–Trinajstić information content (AvgIpc) is 4.05. The van der Waals surface area contributed by atoms with E-state index in [0.717, 1.165) is 95.0 Å². The molecular formula is C67H43N5. The summed E-state index contributed by atoms with van der Waals surface area (Å²) >= 11 is 0. The van der Waals surface area contributed by atoms with Crippen molar-refractivity contribution >= 4 is 54.9 Å². The third kappa shape index (κ3) is 7.18. The third-order valence-electron chi connectivity index (χ3n) is 14.3. The van der Waals surface area contributed by atoms with E-state index >= 15 is 0 Å². The fraction of sp³-hybridized carbons (Fsp3) is 0.0149. The summed E-state index contributed by atoms with van der Waals surface area (Å²) < 4.78 is 2.24. The zero-order chi connectivity index (χ0) is 47.5. The summed E-state index contributed by atoms with van der Waals surface area (Å²) in [5.74, 6) is 1.53. The lowest BCUT2D eigenvalue weighted by atomic mass is 9.85. The van der Waals surface area contributed by atoms with E-state index < -0.39 is 0 Å². The highest BCUT2D eigenvalue weighted by Crippen LogP contribution is 2.44. The van der Waals surface area contributed by atoms with Gasteiger partial charge in [-0.15, -0.1) is 0 Å². The van der Waals surface area contributed by atoms with Gasteiger partial charge in [-0.2, -0.15) is 0 Å². The molecule has 14 rings (SSSR count). The SMILES string of the molecule is c1ccc(C2=Nc3ccccc3C2c2ccc(-c3nc(-c4ccc(-n5c(-c6ccccc6)nc6ccccc65)cc4)nc4c(-c5ccc6ccccc6c5)cc(-c5ccc6ccccc6c5)cc34)cc2)cc1. The molecule has 336 valence electrons. The van der Waals surface area contributed by atoms with E-state index in [1.54, 1.807) is 0 Å². The number of aliphatic imine (C=N–C) groups is 1. The highest BCUT2D eigenvalue weighted by molar-refractivity contribution is 6.12. The Kier molecular flexibility index (Phi) is 9.85. The Bertz CT molecular complexity index is 4250. The lowest BCUT2D eigenvalue weighted by Gasteiger charge is -2.18. The molecule has 1 aliphatic rings. The Morgan fingerprint density at radius 1 is 0.375 bits per heavy atom. The first kappa shape index (κ1) is 41.4. The Morgan fingerprint density at radius 2 is 0.972 bits per heavy atom. The van der Waals surface area contributed by atoms with Crippen molar-refractivity contribution in [3.05, 3.63) is 271 Å². The Balaban J connectivity index is 0.974. The van der Waals surface area contributed by atoms with Crippen molar-refractivity contribution in [2.24, 2.45) is 4.99 Å². The van der Waals surface area contributed by atoms with Crippen molar-refractivity contribution in [2.75, 3.05) is 0 Å². The highest BCUT2D eigenvalue weighted by Gasteiger charge is 2.30. The second-order valence-electron chi connectivity index (χ2n) is 18.6. The molecule has 1 atom stereocenters. The van der Waals surface area contributed by atoms with Gasteiger partial charge in [-0.25, -0.2) is 15.0 Å². The maximum atomic E-state index is 5.59. The number of aromatic nitrogens is 4. The van der Waals surface area contributed by atoms with Crippen molar-refractivity contribution in [1.29, 1.82) is 0 Å². The molecule has 5 heteroatoms. The zero-order valence-corrected chi connectivity index (χ0v) is 39.1. The zero-order valence-electron chi connectivity index (χ0n) is 39.1. The van der Waals surface area contributed by atoms with Crippen molar-refractivity contribution < 1.29 is 0 Å². The minimum absolute atomic E-state index is 0.0112. The lowest BCUT2D eigenvalue weighted by molar-refractivity contribution is 1.10. The molecule has 1 unspecified atom stereocenters. The average molecular weight is 918 g/mol. The number of imidazole rings is 1. The van der Waals surface area contributed by atoms with Gasteiger partial charge >= 0.3 is 0 Å². The summed E-state index contributed by atoms with van der Waals surface area (Å²) in [6, 6.07) is 90.6. The van der Waals surface area contributed by atoms with Gasteiger partial charge in [0.1, 0.15) is 5.82 Å². The molecule has 72 heavy (non-hydrogen) atoms. The van der Waals surface area contributed by atoms with Crippen LogP contribution in [0.5, 0.6) is 0 Å². The monoisotopic (exact) mass is 917 g/mol. The van der Waals surface area contributed by atoms with Gasteiger partial charge in [0.2, 0.25) is 0 Å². The first-order chi connectivity index (χ1) is 35.7. The molecule has 0 bridgehead atoms. The van der Waals surface area contributed by atoms with Gasteiger partial charge < -0.3 is 0 Å². The van der Waals surface area contributed by atoms with Crippen molar-refractivity contribution in [3.8, 4) is 62.0 Å². The topological polar surface area (TPSA) is 56.0 Å². The van der Waals surface area contributed by atoms with E-state index in [-0.39, 0.29) is 5.92 Å². The Morgan fingerprint density at radius 3 is 1.72 bits per heavy atom. The third-order valence-corrected chi connectivity index (χ3v) is 14.3. The smallest absolute Gasteiger partial charge is 0.160 e. The first-order valence-corrected chi connectivity index (χ1v) is 24.5. The van der Waals surface area contributed by atoms with E-state index in [9.17, 15) is 0 Å². The van der Waals surface area contributed by atoms with Gasteiger partial charge in [0.05, 0.1) is 39.6 Å². The number of rotatable bonds is 8. The van der Waals surface area contributed by atoms with Crippen LogP contribution < -0.4 is 0 Å². The number of fused-ring (bicyclic) bond motifs is 5. The predicted molar refractivity (Wildman–Crippen MR) is 297 cm³/mol. The summed E-state index contributed by atoms with van der Waals surface area (Å²) in [7, 11) is 0. The van der Waals surface area contributed by atoms with Crippen LogP contribution in [0, 0.1) is 0 Å². The summed E-state index contributed by atoms with van der Waals surface area (Å²) in [5.41, 5.74) is 17.7. The number of para-hydroxylation sites is 3. The van der Waals surface area contributed by atoms with Crippen molar-refractivity contribution in [1.82, 2.24) is 19.5 Å². The second kappa shape index (κ2) is 17.1. The molecule has 13 aromatic rings. The minimum Gasteiger partial charge on any atom is -0.292 e. The fourth-order valence-electron chi connectivity index (χ4n) is 10.7. The molecule has 0 saturated heterocycles. The first-order valence-electron chi connectivity index (χ1n) is 24.5. The normalized spacial score (nSPS) is 13.2. The van der Waals surface area contributed by atoms with Crippen LogP contribution in [-0.2, 0) is 0 Å². The Labute approximate surface area is 416 Å². The van der Waals surface area contributed by atoms with Crippen LogP contribution in [0.25, 0.3) is 105 Å².